The van der Waals surface area contributed by atoms with Crippen molar-refractivity contribution in [3.63, 3.8) is 0 Å². The van der Waals surface area contributed by atoms with Crippen LogP contribution in [0, 0.1) is 13.8 Å². The Bertz CT molecular complexity index is 657. The highest BCUT2D eigenvalue weighted by atomic mass is 32.1. The molecule has 0 fully saturated rings. The van der Waals surface area contributed by atoms with Crippen LogP contribution in [0.15, 0.2) is 16.7 Å². The van der Waals surface area contributed by atoms with Gasteiger partial charge < -0.3 is 4.42 Å². The lowest BCUT2D eigenvalue weighted by Crippen LogP contribution is -1.94. The van der Waals surface area contributed by atoms with Crippen LogP contribution in [0.2, 0.25) is 0 Å². The molecule has 110 valence electrons. The fourth-order valence-corrected chi connectivity index (χ4v) is 3.30. The van der Waals surface area contributed by atoms with Crippen molar-refractivity contribution in [1.82, 2.24) is 18.7 Å². The van der Waals surface area contributed by atoms with Gasteiger partial charge in [-0.1, -0.05) is 0 Å². The summed E-state index contributed by atoms with van der Waals surface area (Å²) >= 11 is 3.04. The molecule has 0 bridgehead atoms. The number of rotatable bonds is 6. The van der Waals surface area contributed by atoms with E-state index in [4.69, 9.17) is 4.42 Å². The monoisotopic (exact) mass is 320 g/mol. The average Bonchev–Trinajstić information content (AvgIpc) is 3.16. The highest BCUT2D eigenvalue weighted by Gasteiger charge is 2.08. The first-order valence-corrected chi connectivity index (χ1v) is 8.38. The van der Waals surface area contributed by atoms with Crippen LogP contribution < -0.4 is 0 Å². The number of aromatic nitrogens is 4. The average molecular weight is 320 g/mol. The van der Waals surface area contributed by atoms with E-state index in [0.29, 0.717) is 5.89 Å². The molecule has 0 N–H and O–H groups in total. The predicted molar refractivity (Wildman–Crippen MR) is 82.8 cm³/mol. The second-order valence-corrected chi connectivity index (χ2v) is 6.72. The molecular weight excluding hydrogens is 304 g/mol. The standard InChI is InChI=1S/C14H16N4OS2/c1-9-7-11(17-20-9)3-6-14-16-13(18-21-14)5-4-12-8-15-10(2)19-12/h7-8H,3-6H2,1-2H3. The largest absolute Gasteiger partial charge is 0.446 e. The van der Waals surface area contributed by atoms with Crippen LogP contribution >= 0.6 is 23.1 Å². The Morgan fingerprint density at radius 1 is 1.05 bits per heavy atom. The van der Waals surface area contributed by atoms with Gasteiger partial charge in [-0.15, -0.1) is 0 Å². The molecular formula is C14H16N4OS2. The topological polar surface area (TPSA) is 64.7 Å². The number of hydrogen-bond donors (Lipinski definition) is 0. The Morgan fingerprint density at radius 2 is 1.95 bits per heavy atom. The summed E-state index contributed by atoms with van der Waals surface area (Å²) in [7, 11) is 0. The normalized spacial score (nSPS) is 11.1. The maximum Gasteiger partial charge on any atom is 0.191 e. The molecule has 0 aliphatic carbocycles. The third-order valence-corrected chi connectivity index (χ3v) is 4.59. The molecule has 7 heteroatoms. The maximum atomic E-state index is 5.45. The number of hydrogen-bond acceptors (Lipinski definition) is 7. The molecule has 0 radical (unpaired) electrons. The van der Waals surface area contributed by atoms with Crippen LogP contribution in [0.4, 0.5) is 0 Å². The van der Waals surface area contributed by atoms with Gasteiger partial charge in [-0.2, -0.15) is 8.75 Å². The molecule has 0 saturated carbocycles. The highest BCUT2D eigenvalue weighted by molar-refractivity contribution is 7.05. The van der Waals surface area contributed by atoms with E-state index >= 15 is 0 Å². The third-order valence-electron chi connectivity index (χ3n) is 3.05. The van der Waals surface area contributed by atoms with Crippen molar-refractivity contribution in [2.75, 3.05) is 0 Å². The van der Waals surface area contributed by atoms with E-state index in [1.54, 1.807) is 17.7 Å². The Balaban J connectivity index is 1.51. The molecule has 3 aromatic rings. The molecule has 5 nitrogen and oxygen atoms in total. The van der Waals surface area contributed by atoms with Gasteiger partial charge in [0.1, 0.15) is 16.6 Å². The quantitative estimate of drug-likeness (QED) is 0.698. The van der Waals surface area contributed by atoms with Crippen molar-refractivity contribution in [3.05, 3.63) is 45.3 Å². The van der Waals surface area contributed by atoms with E-state index in [1.807, 2.05) is 6.92 Å². The Kier molecular flexibility index (Phi) is 4.40. The molecule has 3 aromatic heterocycles. The Morgan fingerprint density at radius 3 is 2.67 bits per heavy atom. The van der Waals surface area contributed by atoms with E-state index in [0.717, 1.165) is 48.0 Å². The van der Waals surface area contributed by atoms with Crippen molar-refractivity contribution in [2.24, 2.45) is 0 Å². The fourth-order valence-electron chi connectivity index (χ4n) is 2.02. The number of nitrogens with zero attached hydrogens (tertiary/aromatic N) is 4. The first kappa shape index (κ1) is 14.3. The molecule has 0 saturated heterocycles. The van der Waals surface area contributed by atoms with Crippen LogP contribution in [0.3, 0.4) is 0 Å². The smallest absolute Gasteiger partial charge is 0.191 e. The zero-order chi connectivity index (χ0) is 14.7. The van der Waals surface area contributed by atoms with Crippen LogP contribution in [0.1, 0.15) is 33.1 Å². The highest BCUT2D eigenvalue weighted by Crippen LogP contribution is 2.14. The zero-order valence-corrected chi connectivity index (χ0v) is 13.6. The molecule has 0 aliphatic heterocycles. The van der Waals surface area contributed by atoms with Gasteiger partial charge in [0, 0.05) is 31.1 Å². The summed E-state index contributed by atoms with van der Waals surface area (Å²) in [6, 6.07) is 2.14. The molecule has 0 unspecified atom stereocenters. The zero-order valence-electron chi connectivity index (χ0n) is 12.0. The maximum absolute atomic E-state index is 5.45. The molecule has 0 amide bonds. The second-order valence-electron chi connectivity index (χ2n) is 4.88. The van der Waals surface area contributed by atoms with Crippen LogP contribution in [-0.4, -0.2) is 18.7 Å². The minimum absolute atomic E-state index is 0.704. The van der Waals surface area contributed by atoms with Gasteiger partial charge in [0.2, 0.25) is 0 Å². The van der Waals surface area contributed by atoms with E-state index < -0.39 is 0 Å². The van der Waals surface area contributed by atoms with Crippen molar-refractivity contribution in [3.8, 4) is 0 Å². The van der Waals surface area contributed by atoms with Crippen LogP contribution in [0.5, 0.6) is 0 Å². The predicted octanol–water partition coefficient (Wildman–Crippen LogP) is 3.17. The first-order chi connectivity index (χ1) is 10.2. The first-order valence-electron chi connectivity index (χ1n) is 6.84. The van der Waals surface area contributed by atoms with E-state index in [-0.39, 0.29) is 0 Å². The van der Waals surface area contributed by atoms with E-state index in [1.165, 1.54) is 16.4 Å². The van der Waals surface area contributed by atoms with Gasteiger partial charge in [-0.3, -0.25) is 0 Å². The summed E-state index contributed by atoms with van der Waals surface area (Å²) in [5.74, 6) is 2.48. The van der Waals surface area contributed by atoms with Gasteiger partial charge in [-0.25, -0.2) is 9.97 Å². The minimum Gasteiger partial charge on any atom is -0.446 e. The minimum atomic E-state index is 0.704. The van der Waals surface area contributed by atoms with Gasteiger partial charge >= 0.3 is 0 Å². The third kappa shape index (κ3) is 3.95. The van der Waals surface area contributed by atoms with Gasteiger partial charge in [0.05, 0.1) is 11.9 Å². The lowest BCUT2D eigenvalue weighted by molar-refractivity contribution is 0.473. The van der Waals surface area contributed by atoms with E-state index in [2.05, 4.69) is 31.7 Å². The Labute approximate surface area is 131 Å². The van der Waals surface area contributed by atoms with Crippen molar-refractivity contribution in [1.29, 1.82) is 0 Å². The summed E-state index contributed by atoms with van der Waals surface area (Å²) in [5.41, 5.74) is 1.14. The molecule has 3 rings (SSSR count). The summed E-state index contributed by atoms with van der Waals surface area (Å²) < 4.78 is 14.3. The lowest BCUT2D eigenvalue weighted by atomic mass is 10.2. The summed E-state index contributed by atoms with van der Waals surface area (Å²) in [6.45, 7) is 3.93. The SMILES string of the molecule is Cc1ncc(CCc2nsc(CCc3cc(C)sn3)n2)o1. The van der Waals surface area contributed by atoms with Crippen LogP contribution in [-0.2, 0) is 25.7 Å². The fraction of sp³-hybridized carbons (Fsp3) is 0.429. The number of oxazole rings is 1. The van der Waals surface area contributed by atoms with Crippen molar-refractivity contribution in [2.45, 2.75) is 39.5 Å². The second kappa shape index (κ2) is 6.44. The molecule has 0 atom stereocenters. The number of aryl methyl sites for hydroxylation is 6. The summed E-state index contributed by atoms with van der Waals surface area (Å²) in [5, 5.41) is 1.07. The van der Waals surface area contributed by atoms with Crippen LogP contribution in [0.25, 0.3) is 0 Å². The molecule has 0 aromatic carbocycles. The van der Waals surface area contributed by atoms with Crippen molar-refractivity contribution < 1.29 is 4.42 Å². The van der Waals surface area contributed by atoms with Gasteiger partial charge in [-0.05, 0) is 42.5 Å². The van der Waals surface area contributed by atoms with Gasteiger partial charge in [0.25, 0.3) is 0 Å². The Hall–Kier alpha value is -1.60. The molecule has 3 heterocycles. The molecule has 21 heavy (non-hydrogen) atoms. The van der Waals surface area contributed by atoms with Crippen molar-refractivity contribution >= 4 is 23.1 Å². The lowest BCUT2D eigenvalue weighted by Gasteiger charge is -1.93. The molecule has 0 spiro atoms. The summed E-state index contributed by atoms with van der Waals surface area (Å²) in [6.07, 6.45) is 5.19. The van der Waals surface area contributed by atoms with Gasteiger partial charge in [0.15, 0.2) is 5.89 Å². The van der Waals surface area contributed by atoms with E-state index in [9.17, 15) is 0 Å². The summed E-state index contributed by atoms with van der Waals surface area (Å²) in [4.78, 5) is 9.92. The molecule has 0 aliphatic rings.